The third-order valence-corrected chi connectivity index (χ3v) is 3.07. The molecule has 0 amide bonds. The van der Waals surface area contributed by atoms with E-state index in [0.29, 0.717) is 21.7 Å². The van der Waals surface area contributed by atoms with Crippen LogP contribution >= 0.6 is 34.8 Å². The third-order valence-electron chi connectivity index (χ3n) is 2.22. The van der Waals surface area contributed by atoms with Gasteiger partial charge in [0, 0.05) is 20.6 Å². The van der Waals surface area contributed by atoms with Gasteiger partial charge < -0.3 is 4.74 Å². The van der Waals surface area contributed by atoms with Crippen molar-refractivity contribution in [1.82, 2.24) is 0 Å². The van der Waals surface area contributed by atoms with Crippen molar-refractivity contribution < 1.29 is 4.74 Å². The highest BCUT2D eigenvalue weighted by molar-refractivity contribution is 6.33. The van der Waals surface area contributed by atoms with Crippen LogP contribution in [0.5, 0.6) is 5.75 Å². The monoisotopic (exact) mass is 286 g/mol. The number of hydrogen-bond donors (Lipinski definition) is 0. The lowest BCUT2D eigenvalue weighted by molar-refractivity contribution is 0.306. The van der Waals surface area contributed by atoms with Crippen LogP contribution in [0.1, 0.15) is 5.56 Å². The number of halogens is 3. The first-order valence-corrected chi connectivity index (χ1v) is 6.11. The molecule has 2 aromatic rings. The van der Waals surface area contributed by atoms with Crippen LogP contribution in [0.2, 0.25) is 15.1 Å². The molecule has 2 rings (SSSR count). The van der Waals surface area contributed by atoms with Gasteiger partial charge in [-0.15, -0.1) is 0 Å². The zero-order valence-electron chi connectivity index (χ0n) is 8.79. The van der Waals surface area contributed by atoms with Crippen LogP contribution in [0.4, 0.5) is 0 Å². The molecule has 0 aliphatic heterocycles. The summed E-state index contributed by atoms with van der Waals surface area (Å²) >= 11 is 17.7. The zero-order chi connectivity index (χ0) is 12.3. The highest BCUT2D eigenvalue weighted by Crippen LogP contribution is 2.23. The molecule has 2 aromatic carbocycles. The van der Waals surface area contributed by atoms with E-state index in [0.717, 1.165) is 11.3 Å². The number of rotatable bonds is 3. The Morgan fingerprint density at radius 1 is 0.824 bits per heavy atom. The van der Waals surface area contributed by atoms with E-state index in [4.69, 9.17) is 39.5 Å². The van der Waals surface area contributed by atoms with Gasteiger partial charge in [0.15, 0.2) is 0 Å². The molecule has 17 heavy (non-hydrogen) atoms. The third kappa shape index (κ3) is 3.53. The molecule has 0 aliphatic carbocycles. The van der Waals surface area contributed by atoms with Crippen molar-refractivity contribution in [3.8, 4) is 5.75 Å². The van der Waals surface area contributed by atoms with Gasteiger partial charge in [0.25, 0.3) is 0 Å². The van der Waals surface area contributed by atoms with Gasteiger partial charge in [-0.2, -0.15) is 0 Å². The first kappa shape index (κ1) is 12.6. The van der Waals surface area contributed by atoms with Crippen LogP contribution in [-0.4, -0.2) is 0 Å². The van der Waals surface area contributed by atoms with Gasteiger partial charge in [0.05, 0.1) is 0 Å². The molecule has 0 fully saturated rings. The minimum atomic E-state index is 0.376. The Balaban J connectivity index is 2.07. The number of benzene rings is 2. The summed E-state index contributed by atoms with van der Waals surface area (Å²) in [5, 5.41) is 1.96. The summed E-state index contributed by atoms with van der Waals surface area (Å²) in [6.07, 6.45) is 0. The molecule has 0 radical (unpaired) electrons. The lowest BCUT2D eigenvalue weighted by Gasteiger charge is -2.08. The van der Waals surface area contributed by atoms with Crippen molar-refractivity contribution >= 4 is 34.8 Å². The molecular formula is C13H9Cl3O. The molecule has 0 saturated carbocycles. The molecule has 0 heterocycles. The molecule has 4 heteroatoms. The summed E-state index contributed by atoms with van der Waals surface area (Å²) in [4.78, 5) is 0. The largest absolute Gasteiger partial charge is 0.489 e. The zero-order valence-corrected chi connectivity index (χ0v) is 11.1. The Labute approximate surface area is 115 Å². The summed E-state index contributed by atoms with van der Waals surface area (Å²) in [7, 11) is 0. The van der Waals surface area contributed by atoms with Gasteiger partial charge in [0.2, 0.25) is 0 Å². The van der Waals surface area contributed by atoms with Crippen LogP contribution < -0.4 is 4.74 Å². The maximum atomic E-state index is 6.03. The van der Waals surface area contributed by atoms with Gasteiger partial charge in [-0.25, -0.2) is 0 Å². The molecule has 0 aliphatic rings. The second kappa shape index (κ2) is 5.63. The van der Waals surface area contributed by atoms with E-state index in [2.05, 4.69) is 0 Å². The molecule has 0 saturated heterocycles. The topological polar surface area (TPSA) is 9.23 Å². The van der Waals surface area contributed by atoms with E-state index in [1.54, 1.807) is 42.5 Å². The van der Waals surface area contributed by atoms with Gasteiger partial charge >= 0.3 is 0 Å². The van der Waals surface area contributed by atoms with Gasteiger partial charge in [-0.05, 0) is 42.5 Å². The lowest BCUT2D eigenvalue weighted by Crippen LogP contribution is -1.96. The number of hydrogen-bond acceptors (Lipinski definition) is 1. The average molecular weight is 288 g/mol. The summed E-state index contributed by atoms with van der Waals surface area (Å²) in [5.74, 6) is 0.741. The standard InChI is InChI=1S/C13H9Cl3O/c14-10-1-4-12(5-2-10)17-8-9-7-11(15)3-6-13(9)16/h1-7H,8H2. The predicted octanol–water partition coefficient (Wildman–Crippen LogP) is 5.23. The molecule has 0 aromatic heterocycles. The van der Waals surface area contributed by atoms with Crippen molar-refractivity contribution in [3.63, 3.8) is 0 Å². The average Bonchev–Trinajstić information content (AvgIpc) is 2.32. The first-order valence-electron chi connectivity index (χ1n) is 4.97. The van der Waals surface area contributed by atoms with Crippen molar-refractivity contribution in [2.75, 3.05) is 0 Å². The lowest BCUT2D eigenvalue weighted by atomic mass is 10.2. The van der Waals surface area contributed by atoms with E-state index < -0.39 is 0 Å². The Morgan fingerprint density at radius 3 is 2.18 bits per heavy atom. The van der Waals surface area contributed by atoms with E-state index in [1.807, 2.05) is 0 Å². The molecule has 0 bridgehead atoms. The van der Waals surface area contributed by atoms with Crippen LogP contribution in [-0.2, 0) is 6.61 Å². The summed E-state index contributed by atoms with van der Waals surface area (Å²) < 4.78 is 5.58. The SMILES string of the molecule is Clc1ccc(OCc2cc(Cl)ccc2Cl)cc1. The van der Waals surface area contributed by atoms with Crippen LogP contribution in [0.25, 0.3) is 0 Å². The summed E-state index contributed by atoms with van der Waals surface area (Å²) in [6, 6.07) is 12.5. The second-order valence-corrected chi connectivity index (χ2v) is 4.76. The van der Waals surface area contributed by atoms with Gasteiger partial charge in [-0.1, -0.05) is 34.8 Å². The molecular weight excluding hydrogens is 279 g/mol. The van der Waals surface area contributed by atoms with Crippen LogP contribution in [0, 0.1) is 0 Å². The molecule has 0 spiro atoms. The Kier molecular flexibility index (Phi) is 4.16. The quantitative estimate of drug-likeness (QED) is 0.751. The molecule has 0 unspecified atom stereocenters. The number of ether oxygens (including phenoxy) is 1. The smallest absolute Gasteiger partial charge is 0.119 e. The fourth-order valence-electron chi connectivity index (χ4n) is 1.35. The molecule has 1 nitrogen and oxygen atoms in total. The fourth-order valence-corrected chi connectivity index (χ4v) is 1.84. The predicted molar refractivity (Wildman–Crippen MR) is 72.2 cm³/mol. The minimum Gasteiger partial charge on any atom is -0.489 e. The highest BCUT2D eigenvalue weighted by Gasteiger charge is 2.02. The Hall–Kier alpha value is -0.890. The van der Waals surface area contributed by atoms with Crippen molar-refractivity contribution in [2.45, 2.75) is 6.61 Å². The van der Waals surface area contributed by atoms with E-state index in [-0.39, 0.29) is 0 Å². The van der Waals surface area contributed by atoms with Crippen molar-refractivity contribution in [2.24, 2.45) is 0 Å². The summed E-state index contributed by atoms with van der Waals surface area (Å²) in [5.41, 5.74) is 0.856. The van der Waals surface area contributed by atoms with Gasteiger partial charge in [-0.3, -0.25) is 0 Å². The first-order chi connectivity index (χ1) is 8.15. The van der Waals surface area contributed by atoms with Gasteiger partial charge in [0.1, 0.15) is 12.4 Å². The second-order valence-electron chi connectivity index (χ2n) is 3.48. The minimum absolute atomic E-state index is 0.376. The van der Waals surface area contributed by atoms with E-state index in [1.165, 1.54) is 0 Å². The molecule has 0 N–H and O–H groups in total. The van der Waals surface area contributed by atoms with Crippen molar-refractivity contribution in [3.05, 3.63) is 63.1 Å². The molecule has 0 atom stereocenters. The maximum absolute atomic E-state index is 6.03. The highest BCUT2D eigenvalue weighted by atomic mass is 35.5. The maximum Gasteiger partial charge on any atom is 0.119 e. The fraction of sp³-hybridized carbons (Fsp3) is 0.0769. The summed E-state index contributed by atoms with van der Waals surface area (Å²) in [6.45, 7) is 0.376. The normalized spacial score (nSPS) is 10.3. The van der Waals surface area contributed by atoms with Crippen LogP contribution in [0.15, 0.2) is 42.5 Å². The Morgan fingerprint density at radius 2 is 1.47 bits per heavy atom. The molecule has 88 valence electrons. The van der Waals surface area contributed by atoms with E-state index in [9.17, 15) is 0 Å². The Bertz CT molecular complexity index is 509. The van der Waals surface area contributed by atoms with Crippen LogP contribution in [0.3, 0.4) is 0 Å². The van der Waals surface area contributed by atoms with E-state index >= 15 is 0 Å². The van der Waals surface area contributed by atoms with Crippen molar-refractivity contribution in [1.29, 1.82) is 0 Å².